The Kier molecular flexibility index (Phi) is 6.33. The minimum atomic E-state index is -1.35. The first kappa shape index (κ1) is 20.4. The van der Waals surface area contributed by atoms with Crippen molar-refractivity contribution in [3.05, 3.63) is 65.0 Å². The summed E-state index contributed by atoms with van der Waals surface area (Å²) >= 11 is 0. The second kappa shape index (κ2) is 8.67. The number of carboxylic acid groups (broad SMARTS) is 1. The molecule has 1 aromatic rings. The normalized spacial score (nSPS) is 13.0. The molecule has 9 heteroatoms. The number of aromatic carboxylic acids is 1. The van der Waals surface area contributed by atoms with Crippen molar-refractivity contribution < 1.29 is 38.5 Å². The molecule has 0 radical (unpaired) electrons. The van der Waals surface area contributed by atoms with Crippen molar-refractivity contribution in [3.8, 4) is 0 Å². The standard InChI is InChI=1S/C19H17NO8/c1-26-17(23)11-7-8-14(13(10-11)16(21)22)20-9-5-4-6-12(18(24)27-2)15(20)19(25)28-3/h4-10H,1-3H3,(H,21,22). The number of hydrogen-bond acceptors (Lipinski definition) is 8. The van der Waals surface area contributed by atoms with Crippen LogP contribution in [0.3, 0.4) is 0 Å². The SMILES string of the molecule is COC(=O)C1=C(C(=O)OC)N(c2ccc(C(=O)OC)cc2C(=O)O)C=CC=C1. The van der Waals surface area contributed by atoms with Gasteiger partial charge in [0, 0.05) is 6.20 Å². The molecule has 1 aliphatic rings. The molecule has 1 aliphatic heterocycles. The number of rotatable bonds is 5. The van der Waals surface area contributed by atoms with Gasteiger partial charge in [0.15, 0.2) is 0 Å². The molecule has 0 saturated heterocycles. The average molecular weight is 387 g/mol. The molecule has 0 fully saturated rings. The Bertz CT molecular complexity index is 926. The second-order valence-corrected chi connectivity index (χ2v) is 5.34. The highest BCUT2D eigenvalue weighted by Crippen LogP contribution is 2.30. The van der Waals surface area contributed by atoms with Crippen LogP contribution in [0.1, 0.15) is 20.7 Å². The van der Waals surface area contributed by atoms with E-state index in [0.29, 0.717) is 0 Å². The van der Waals surface area contributed by atoms with Crippen LogP contribution in [0.25, 0.3) is 0 Å². The summed E-state index contributed by atoms with van der Waals surface area (Å²) in [5, 5.41) is 9.61. The highest BCUT2D eigenvalue weighted by molar-refractivity contribution is 6.07. The maximum absolute atomic E-state index is 12.4. The van der Waals surface area contributed by atoms with Gasteiger partial charge in [-0.2, -0.15) is 0 Å². The second-order valence-electron chi connectivity index (χ2n) is 5.34. The molecule has 9 nitrogen and oxygen atoms in total. The molecule has 2 rings (SSSR count). The van der Waals surface area contributed by atoms with Crippen LogP contribution in [0.4, 0.5) is 5.69 Å². The summed E-state index contributed by atoms with van der Waals surface area (Å²) in [5.74, 6) is -3.77. The van der Waals surface area contributed by atoms with Crippen molar-refractivity contribution in [3.63, 3.8) is 0 Å². The Balaban J connectivity index is 2.76. The Morgan fingerprint density at radius 3 is 2.11 bits per heavy atom. The van der Waals surface area contributed by atoms with Crippen molar-refractivity contribution in [1.29, 1.82) is 0 Å². The lowest BCUT2D eigenvalue weighted by molar-refractivity contribution is -0.139. The van der Waals surface area contributed by atoms with Gasteiger partial charge in [0.1, 0.15) is 5.70 Å². The van der Waals surface area contributed by atoms with E-state index in [-0.39, 0.29) is 28.1 Å². The number of carbonyl (C=O) groups excluding carboxylic acids is 3. The minimum absolute atomic E-state index is 0.0114. The molecule has 0 atom stereocenters. The summed E-state index contributed by atoms with van der Waals surface area (Å²) in [6.45, 7) is 0. The molecule has 0 bridgehead atoms. The predicted molar refractivity (Wildman–Crippen MR) is 96.6 cm³/mol. The number of allylic oxidation sites excluding steroid dienone is 2. The van der Waals surface area contributed by atoms with Gasteiger partial charge >= 0.3 is 23.9 Å². The zero-order chi connectivity index (χ0) is 20.8. The number of nitrogens with zero attached hydrogens (tertiary/aromatic N) is 1. The topological polar surface area (TPSA) is 119 Å². The summed E-state index contributed by atoms with van der Waals surface area (Å²) in [6.07, 6.45) is 5.72. The van der Waals surface area contributed by atoms with Crippen LogP contribution in [0.2, 0.25) is 0 Å². The fourth-order valence-electron chi connectivity index (χ4n) is 2.51. The lowest BCUT2D eigenvalue weighted by atomic mass is 10.1. The third-order valence-electron chi connectivity index (χ3n) is 3.80. The monoisotopic (exact) mass is 387 g/mol. The van der Waals surface area contributed by atoms with Gasteiger partial charge in [0.2, 0.25) is 0 Å². The van der Waals surface area contributed by atoms with E-state index in [1.165, 1.54) is 48.6 Å². The molecule has 0 spiro atoms. The molecule has 1 N–H and O–H groups in total. The van der Waals surface area contributed by atoms with Gasteiger partial charge in [-0.25, -0.2) is 19.2 Å². The quantitative estimate of drug-likeness (QED) is 0.594. The van der Waals surface area contributed by atoms with E-state index in [4.69, 9.17) is 9.47 Å². The molecular formula is C19H17NO8. The van der Waals surface area contributed by atoms with Gasteiger partial charge < -0.3 is 24.2 Å². The molecular weight excluding hydrogens is 370 g/mol. The van der Waals surface area contributed by atoms with Crippen molar-refractivity contribution in [1.82, 2.24) is 0 Å². The summed E-state index contributed by atoms with van der Waals surface area (Å²) in [6, 6.07) is 3.78. The zero-order valence-electron chi connectivity index (χ0n) is 15.3. The Hall–Kier alpha value is -3.88. The average Bonchev–Trinajstić information content (AvgIpc) is 2.94. The van der Waals surface area contributed by atoms with Crippen LogP contribution < -0.4 is 4.90 Å². The first-order chi connectivity index (χ1) is 13.3. The molecule has 0 aliphatic carbocycles. The highest BCUT2D eigenvalue weighted by atomic mass is 16.5. The first-order valence-corrected chi connectivity index (χ1v) is 7.86. The third-order valence-corrected chi connectivity index (χ3v) is 3.80. The molecule has 1 aromatic carbocycles. The highest BCUT2D eigenvalue weighted by Gasteiger charge is 2.30. The molecule has 146 valence electrons. The van der Waals surface area contributed by atoms with E-state index >= 15 is 0 Å². The molecule has 1 heterocycles. The van der Waals surface area contributed by atoms with E-state index in [1.54, 1.807) is 0 Å². The third kappa shape index (κ3) is 3.93. The van der Waals surface area contributed by atoms with Crippen molar-refractivity contribution in [2.75, 3.05) is 26.2 Å². The number of esters is 3. The van der Waals surface area contributed by atoms with Crippen LogP contribution >= 0.6 is 0 Å². The number of carbonyl (C=O) groups is 4. The summed E-state index contributed by atoms with van der Waals surface area (Å²) < 4.78 is 14.1. The first-order valence-electron chi connectivity index (χ1n) is 7.86. The molecule has 0 unspecified atom stereocenters. The van der Waals surface area contributed by atoms with Gasteiger partial charge in [0.25, 0.3) is 0 Å². The van der Waals surface area contributed by atoms with Crippen molar-refractivity contribution in [2.24, 2.45) is 0 Å². The van der Waals surface area contributed by atoms with Gasteiger partial charge in [-0.05, 0) is 30.4 Å². The Labute approximate surface area is 160 Å². The van der Waals surface area contributed by atoms with Crippen LogP contribution in [0, 0.1) is 0 Å². The van der Waals surface area contributed by atoms with Crippen LogP contribution in [0.15, 0.2) is 53.9 Å². The van der Waals surface area contributed by atoms with Crippen molar-refractivity contribution in [2.45, 2.75) is 0 Å². The fraction of sp³-hybridized carbons (Fsp3) is 0.158. The van der Waals surface area contributed by atoms with Crippen LogP contribution in [0.5, 0.6) is 0 Å². The van der Waals surface area contributed by atoms with Gasteiger partial charge in [-0.1, -0.05) is 6.08 Å². The number of hydrogen-bond donors (Lipinski definition) is 1. The lowest BCUT2D eigenvalue weighted by Crippen LogP contribution is -2.28. The maximum atomic E-state index is 12.4. The number of carboxylic acids is 1. The van der Waals surface area contributed by atoms with E-state index in [0.717, 1.165) is 20.3 Å². The van der Waals surface area contributed by atoms with Crippen molar-refractivity contribution >= 4 is 29.6 Å². The largest absolute Gasteiger partial charge is 0.478 e. The van der Waals surface area contributed by atoms with E-state index in [2.05, 4.69) is 4.74 Å². The van der Waals surface area contributed by atoms with E-state index in [1.807, 2.05) is 0 Å². The smallest absolute Gasteiger partial charge is 0.355 e. The number of ether oxygens (including phenoxy) is 3. The van der Waals surface area contributed by atoms with E-state index in [9.17, 15) is 24.3 Å². The van der Waals surface area contributed by atoms with E-state index < -0.39 is 23.9 Å². The summed E-state index contributed by atoms with van der Waals surface area (Å²) in [4.78, 5) is 49.3. The molecule has 28 heavy (non-hydrogen) atoms. The Morgan fingerprint density at radius 1 is 0.893 bits per heavy atom. The summed E-state index contributed by atoms with van der Waals surface area (Å²) in [7, 11) is 3.44. The molecule has 0 aromatic heterocycles. The predicted octanol–water partition coefficient (Wildman–Crippen LogP) is 1.66. The molecule has 0 saturated carbocycles. The van der Waals surface area contributed by atoms with Crippen LogP contribution in [-0.4, -0.2) is 50.3 Å². The van der Waals surface area contributed by atoms with Crippen LogP contribution in [-0.2, 0) is 23.8 Å². The number of benzene rings is 1. The fourth-order valence-corrected chi connectivity index (χ4v) is 2.51. The van der Waals surface area contributed by atoms with Gasteiger partial charge in [-0.15, -0.1) is 0 Å². The lowest BCUT2D eigenvalue weighted by Gasteiger charge is -2.24. The summed E-state index contributed by atoms with van der Waals surface area (Å²) in [5.41, 5.74) is -0.625. The number of anilines is 1. The van der Waals surface area contributed by atoms with Gasteiger partial charge in [-0.3, -0.25) is 0 Å². The van der Waals surface area contributed by atoms with Gasteiger partial charge in [0.05, 0.1) is 43.7 Å². The Morgan fingerprint density at radius 2 is 1.54 bits per heavy atom. The molecule has 0 amide bonds. The minimum Gasteiger partial charge on any atom is -0.478 e. The zero-order valence-corrected chi connectivity index (χ0v) is 15.3. The maximum Gasteiger partial charge on any atom is 0.355 e. The number of methoxy groups -OCH3 is 3.